The van der Waals surface area contributed by atoms with Crippen LogP contribution >= 0.6 is 0 Å². The normalized spacial score (nSPS) is 21.0. The number of hydrogen-bond acceptors (Lipinski definition) is 4. The fourth-order valence-corrected chi connectivity index (χ4v) is 5.28. The summed E-state index contributed by atoms with van der Waals surface area (Å²) in [6.07, 6.45) is 1.16. The van der Waals surface area contributed by atoms with Crippen molar-refractivity contribution < 1.29 is 23.5 Å². The average molecular weight is 469 g/mol. The minimum Gasteiger partial charge on any atom is -0.382 e. The molecule has 4 rings (SSSR count). The minimum absolute atomic E-state index is 0.0129. The van der Waals surface area contributed by atoms with Crippen LogP contribution in [0.25, 0.3) is 0 Å². The van der Waals surface area contributed by atoms with Crippen LogP contribution in [0.3, 0.4) is 0 Å². The van der Waals surface area contributed by atoms with Crippen molar-refractivity contribution in [2.75, 3.05) is 33.4 Å². The molecule has 6 nitrogen and oxygen atoms in total. The van der Waals surface area contributed by atoms with Gasteiger partial charge in [0.15, 0.2) is 0 Å². The first-order valence-electron chi connectivity index (χ1n) is 11.9. The molecule has 7 heteroatoms. The monoisotopic (exact) mass is 468 g/mol. The van der Waals surface area contributed by atoms with Gasteiger partial charge in [0.2, 0.25) is 5.91 Å². The van der Waals surface area contributed by atoms with E-state index in [1.165, 1.54) is 29.8 Å². The van der Waals surface area contributed by atoms with Gasteiger partial charge in [-0.25, -0.2) is 4.39 Å². The molecule has 2 amide bonds. The van der Waals surface area contributed by atoms with E-state index in [4.69, 9.17) is 9.47 Å². The van der Waals surface area contributed by atoms with Crippen molar-refractivity contribution in [2.24, 2.45) is 5.92 Å². The largest absolute Gasteiger partial charge is 0.382 e. The molecule has 0 aromatic heterocycles. The van der Waals surface area contributed by atoms with Gasteiger partial charge in [0.05, 0.1) is 25.4 Å². The number of fused-ring (bicyclic) bond motifs is 2. The van der Waals surface area contributed by atoms with Gasteiger partial charge in [-0.15, -0.1) is 0 Å². The Balaban J connectivity index is 1.61. The van der Waals surface area contributed by atoms with Crippen LogP contribution in [0.2, 0.25) is 0 Å². The topological polar surface area (TPSA) is 67.9 Å². The number of benzene rings is 2. The third-order valence-electron chi connectivity index (χ3n) is 7.12. The number of hydrogen-bond donors (Lipinski definition) is 1. The van der Waals surface area contributed by atoms with Crippen molar-refractivity contribution in [3.63, 3.8) is 0 Å². The van der Waals surface area contributed by atoms with Gasteiger partial charge in [-0.1, -0.05) is 38.1 Å². The van der Waals surface area contributed by atoms with Crippen LogP contribution in [-0.2, 0) is 19.7 Å². The van der Waals surface area contributed by atoms with Crippen LogP contribution in [0.5, 0.6) is 0 Å². The van der Waals surface area contributed by atoms with Gasteiger partial charge >= 0.3 is 0 Å². The third-order valence-corrected chi connectivity index (χ3v) is 7.12. The molecule has 0 unspecified atom stereocenters. The predicted molar refractivity (Wildman–Crippen MR) is 127 cm³/mol. The van der Waals surface area contributed by atoms with Gasteiger partial charge in [0.1, 0.15) is 5.82 Å². The highest BCUT2D eigenvalue weighted by Gasteiger charge is 2.54. The van der Waals surface area contributed by atoms with Crippen molar-refractivity contribution in [3.05, 3.63) is 71.0 Å². The van der Waals surface area contributed by atoms with E-state index in [2.05, 4.69) is 17.4 Å². The molecular weight excluding hydrogens is 435 g/mol. The summed E-state index contributed by atoms with van der Waals surface area (Å²) in [6, 6.07) is 13.6. The highest BCUT2D eigenvalue weighted by molar-refractivity contribution is 5.94. The van der Waals surface area contributed by atoms with Gasteiger partial charge in [-0.3, -0.25) is 9.59 Å². The zero-order valence-electron chi connectivity index (χ0n) is 20.1. The first kappa shape index (κ1) is 24.4. The maximum atomic E-state index is 13.3. The number of likely N-dealkylation sites (tertiary alicyclic amines) is 1. The molecule has 1 saturated heterocycles. The quantitative estimate of drug-likeness (QED) is 0.627. The van der Waals surface area contributed by atoms with Crippen molar-refractivity contribution in [1.29, 1.82) is 0 Å². The van der Waals surface area contributed by atoms with Crippen molar-refractivity contribution >= 4 is 11.8 Å². The number of rotatable bonds is 7. The van der Waals surface area contributed by atoms with E-state index in [0.717, 1.165) is 5.56 Å². The molecule has 2 atom stereocenters. The Bertz CT molecular complexity index is 1020. The number of carbonyl (C=O) groups excluding carboxylic acids is 2. The van der Waals surface area contributed by atoms with Crippen LogP contribution in [0, 0.1) is 11.7 Å². The molecule has 2 aromatic rings. The van der Waals surface area contributed by atoms with Gasteiger partial charge in [0.25, 0.3) is 5.91 Å². The minimum atomic E-state index is -0.359. The maximum absolute atomic E-state index is 13.3. The van der Waals surface area contributed by atoms with Crippen molar-refractivity contribution in [2.45, 2.75) is 44.2 Å². The van der Waals surface area contributed by atoms with E-state index in [0.29, 0.717) is 44.7 Å². The third kappa shape index (κ3) is 4.59. The fourth-order valence-electron chi connectivity index (χ4n) is 5.28. The van der Waals surface area contributed by atoms with E-state index in [1.807, 2.05) is 30.9 Å². The summed E-state index contributed by atoms with van der Waals surface area (Å²) in [5.74, 6) is -0.607. The average Bonchev–Trinajstić information content (AvgIpc) is 3.08. The van der Waals surface area contributed by atoms with Gasteiger partial charge < -0.3 is 19.7 Å². The summed E-state index contributed by atoms with van der Waals surface area (Å²) in [4.78, 5) is 27.6. The summed E-state index contributed by atoms with van der Waals surface area (Å²) in [5.41, 5.74) is 2.43. The number of halogens is 1. The number of methoxy groups -OCH3 is 1. The second-order valence-corrected chi connectivity index (χ2v) is 9.47. The van der Waals surface area contributed by atoms with Crippen molar-refractivity contribution in [1.82, 2.24) is 10.2 Å². The number of ether oxygens (including phenoxy) is 2. The van der Waals surface area contributed by atoms with Gasteiger partial charge in [-0.05, 0) is 48.2 Å². The molecule has 1 N–H and O–H groups in total. The SMILES string of the molecule is COCCO[C@H]1[C@H](NC(=O)C(C)C)c2ccccc2C12CCN(C(=O)c1ccc(F)cc1)CC2. The molecular formula is C27H33FN2O4. The standard InChI is InChI=1S/C27H33FN2O4/c1-18(2)25(31)29-23-21-6-4-5-7-22(21)27(24(23)34-17-16-33-3)12-14-30(15-13-27)26(32)19-8-10-20(28)11-9-19/h4-11,18,23-24H,12-17H2,1-3H3,(H,29,31)/t23-,24+/m1/s1. The Hall–Kier alpha value is -2.77. The summed E-state index contributed by atoms with van der Waals surface area (Å²) in [7, 11) is 1.64. The molecule has 182 valence electrons. The lowest BCUT2D eigenvalue weighted by molar-refractivity contribution is -0.127. The van der Waals surface area contributed by atoms with Crippen LogP contribution in [0.1, 0.15) is 54.2 Å². The van der Waals surface area contributed by atoms with E-state index < -0.39 is 0 Å². The number of nitrogens with one attached hydrogen (secondary N) is 1. The summed E-state index contributed by atoms with van der Waals surface area (Å²) in [5, 5.41) is 3.23. The summed E-state index contributed by atoms with van der Waals surface area (Å²) in [6.45, 7) is 5.75. The Labute approximate surface area is 200 Å². The lowest BCUT2D eigenvalue weighted by atomic mass is 9.71. The molecule has 1 aliphatic carbocycles. The molecule has 2 aromatic carbocycles. The van der Waals surface area contributed by atoms with E-state index in [1.54, 1.807) is 7.11 Å². The highest BCUT2D eigenvalue weighted by atomic mass is 19.1. The van der Waals surface area contributed by atoms with Crippen LogP contribution in [0.4, 0.5) is 4.39 Å². The first-order chi connectivity index (χ1) is 16.4. The molecule has 0 bridgehead atoms. The zero-order valence-corrected chi connectivity index (χ0v) is 20.1. The smallest absolute Gasteiger partial charge is 0.253 e. The number of nitrogens with zero attached hydrogens (tertiary/aromatic N) is 1. The molecule has 34 heavy (non-hydrogen) atoms. The Morgan fingerprint density at radius 3 is 2.41 bits per heavy atom. The van der Waals surface area contributed by atoms with E-state index in [-0.39, 0.29) is 41.1 Å². The lowest BCUT2D eigenvalue weighted by Gasteiger charge is -2.44. The molecule has 2 aliphatic rings. The zero-order chi connectivity index (χ0) is 24.3. The number of amides is 2. The Morgan fingerprint density at radius 1 is 1.09 bits per heavy atom. The molecule has 1 fully saturated rings. The van der Waals surface area contributed by atoms with Crippen LogP contribution in [0.15, 0.2) is 48.5 Å². The lowest BCUT2D eigenvalue weighted by Crippen LogP contribution is -2.52. The maximum Gasteiger partial charge on any atom is 0.253 e. The van der Waals surface area contributed by atoms with E-state index >= 15 is 0 Å². The molecule has 1 aliphatic heterocycles. The second-order valence-electron chi connectivity index (χ2n) is 9.47. The van der Waals surface area contributed by atoms with Gasteiger partial charge in [0, 0.05) is 37.1 Å². The summed E-state index contributed by atoms with van der Waals surface area (Å²) < 4.78 is 24.9. The highest BCUT2D eigenvalue weighted by Crippen LogP contribution is 2.52. The first-order valence-corrected chi connectivity index (χ1v) is 11.9. The van der Waals surface area contributed by atoms with Crippen LogP contribution < -0.4 is 5.32 Å². The molecule has 0 saturated carbocycles. The Kier molecular flexibility index (Phi) is 7.33. The van der Waals surface area contributed by atoms with Crippen LogP contribution in [-0.4, -0.2) is 56.2 Å². The van der Waals surface area contributed by atoms with Crippen molar-refractivity contribution in [3.8, 4) is 0 Å². The fraction of sp³-hybridized carbons (Fsp3) is 0.481. The number of piperidine rings is 1. The Morgan fingerprint density at radius 2 is 1.76 bits per heavy atom. The number of carbonyl (C=O) groups is 2. The van der Waals surface area contributed by atoms with Gasteiger partial charge in [-0.2, -0.15) is 0 Å². The second kappa shape index (κ2) is 10.2. The predicted octanol–water partition coefficient (Wildman–Crippen LogP) is 3.86. The molecule has 1 spiro atoms. The summed E-state index contributed by atoms with van der Waals surface area (Å²) >= 11 is 0. The van der Waals surface area contributed by atoms with E-state index in [9.17, 15) is 14.0 Å². The molecule has 1 heterocycles. The molecule has 0 radical (unpaired) electrons.